The van der Waals surface area contributed by atoms with E-state index < -0.39 is 0 Å². The van der Waals surface area contributed by atoms with E-state index in [1.165, 1.54) is 154 Å². The van der Waals surface area contributed by atoms with Gasteiger partial charge in [-0.25, -0.2) is 0 Å². The molecule has 1 nitrogen and oxygen atoms in total. The molecular formula is C26H55MoN. The van der Waals surface area contributed by atoms with Crippen molar-refractivity contribution in [1.82, 2.24) is 5.32 Å². The first kappa shape index (κ1) is 30.8. The van der Waals surface area contributed by atoms with Gasteiger partial charge in [-0.1, -0.05) is 142 Å². The Hall–Kier alpha value is 0.648. The Morgan fingerprint density at radius 1 is 0.321 bits per heavy atom. The molecule has 0 aromatic heterocycles. The van der Waals surface area contributed by atoms with E-state index in [1.807, 2.05) is 0 Å². The SMILES string of the molecule is CCCCCCCCCCCCCNCCCCCCCCCCCCC.[Mo]. The van der Waals surface area contributed by atoms with E-state index in [1.54, 1.807) is 0 Å². The van der Waals surface area contributed by atoms with Crippen LogP contribution in [-0.2, 0) is 21.1 Å². The zero-order valence-corrected chi connectivity index (χ0v) is 21.9. The van der Waals surface area contributed by atoms with Gasteiger partial charge in [0.2, 0.25) is 0 Å². The number of unbranched alkanes of at least 4 members (excludes halogenated alkanes) is 20. The molecule has 0 aliphatic heterocycles. The van der Waals surface area contributed by atoms with E-state index >= 15 is 0 Å². The minimum absolute atomic E-state index is 0. The zero-order valence-electron chi connectivity index (χ0n) is 19.9. The molecule has 0 aliphatic rings. The minimum atomic E-state index is 0. The van der Waals surface area contributed by atoms with Crippen LogP contribution in [-0.4, -0.2) is 13.1 Å². The van der Waals surface area contributed by atoms with Gasteiger partial charge in [-0.3, -0.25) is 0 Å². The second-order valence-electron chi connectivity index (χ2n) is 8.82. The molecule has 0 unspecified atom stereocenters. The first-order chi connectivity index (χ1) is 13.4. The van der Waals surface area contributed by atoms with Crippen LogP contribution in [0.4, 0.5) is 0 Å². The average molecular weight is 478 g/mol. The Bertz CT molecular complexity index is 221. The maximum atomic E-state index is 3.65. The summed E-state index contributed by atoms with van der Waals surface area (Å²) in [6.07, 6.45) is 31.8. The van der Waals surface area contributed by atoms with Gasteiger partial charge in [0.05, 0.1) is 0 Å². The van der Waals surface area contributed by atoms with E-state index in [0.717, 1.165) is 0 Å². The molecule has 28 heavy (non-hydrogen) atoms. The topological polar surface area (TPSA) is 12.0 Å². The Balaban J connectivity index is 0. The van der Waals surface area contributed by atoms with Gasteiger partial charge in [-0.05, 0) is 25.9 Å². The molecule has 0 aromatic carbocycles. The molecule has 0 fully saturated rings. The van der Waals surface area contributed by atoms with Crippen LogP contribution in [0.5, 0.6) is 0 Å². The van der Waals surface area contributed by atoms with E-state index in [0.29, 0.717) is 0 Å². The molecule has 0 atom stereocenters. The number of nitrogens with one attached hydrogen (secondary N) is 1. The first-order valence-electron chi connectivity index (χ1n) is 13.1. The third kappa shape index (κ3) is 28.9. The van der Waals surface area contributed by atoms with Crippen LogP contribution in [0.2, 0.25) is 0 Å². The Morgan fingerprint density at radius 2 is 0.536 bits per heavy atom. The average Bonchev–Trinajstić information content (AvgIpc) is 2.68. The van der Waals surface area contributed by atoms with Crippen LogP contribution >= 0.6 is 0 Å². The molecule has 0 heterocycles. The third-order valence-electron chi connectivity index (χ3n) is 5.91. The standard InChI is InChI=1S/C26H55N.Mo/c1-3-5-7-9-11-13-15-17-19-21-23-25-27-26-24-22-20-18-16-14-12-10-8-6-4-2;/h27H,3-26H2,1-2H3;. The summed E-state index contributed by atoms with van der Waals surface area (Å²) >= 11 is 0. The fourth-order valence-electron chi connectivity index (χ4n) is 3.95. The molecule has 0 spiro atoms. The van der Waals surface area contributed by atoms with Crippen molar-refractivity contribution in [2.45, 2.75) is 155 Å². The molecule has 0 rings (SSSR count). The second kappa shape index (κ2) is 29.8. The molecule has 170 valence electrons. The maximum absolute atomic E-state index is 3.65. The van der Waals surface area contributed by atoms with Crippen LogP contribution in [0.3, 0.4) is 0 Å². The summed E-state index contributed by atoms with van der Waals surface area (Å²) < 4.78 is 0. The van der Waals surface area contributed by atoms with Crippen molar-refractivity contribution < 1.29 is 21.1 Å². The zero-order chi connectivity index (χ0) is 19.7. The summed E-state index contributed by atoms with van der Waals surface area (Å²) in [5.41, 5.74) is 0. The first-order valence-corrected chi connectivity index (χ1v) is 13.1. The van der Waals surface area contributed by atoms with Crippen molar-refractivity contribution in [2.24, 2.45) is 0 Å². The Morgan fingerprint density at radius 3 is 0.786 bits per heavy atom. The summed E-state index contributed by atoms with van der Waals surface area (Å²) in [6, 6.07) is 0. The number of hydrogen-bond acceptors (Lipinski definition) is 1. The molecule has 0 saturated carbocycles. The van der Waals surface area contributed by atoms with Crippen molar-refractivity contribution in [2.75, 3.05) is 13.1 Å². The number of rotatable bonds is 24. The van der Waals surface area contributed by atoms with Crippen molar-refractivity contribution in [3.63, 3.8) is 0 Å². The summed E-state index contributed by atoms with van der Waals surface area (Å²) in [4.78, 5) is 0. The van der Waals surface area contributed by atoms with Crippen molar-refractivity contribution in [1.29, 1.82) is 0 Å². The summed E-state index contributed by atoms with van der Waals surface area (Å²) in [7, 11) is 0. The molecule has 0 aromatic rings. The molecule has 0 radical (unpaired) electrons. The molecule has 0 saturated heterocycles. The molecular weight excluding hydrogens is 422 g/mol. The van der Waals surface area contributed by atoms with Crippen molar-refractivity contribution >= 4 is 0 Å². The van der Waals surface area contributed by atoms with Gasteiger partial charge in [-0.2, -0.15) is 0 Å². The molecule has 0 amide bonds. The summed E-state index contributed by atoms with van der Waals surface area (Å²) in [5, 5.41) is 3.65. The number of hydrogen-bond donors (Lipinski definition) is 1. The summed E-state index contributed by atoms with van der Waals surface area (Å²) in [6.45, 7) is 7.09. The molecule has 0 aliphatic carbocycles. The molecule has 2 heteroatoms. The van der Waals surface area contributed by atoms with Crippen molar-refractivity contribution in [3.05, 3.63) is 0 Å². The Labute approximate surface area is 194 Å². The predicted octanol–water partition coefficient (Wildman–Crippen LogP) is 9.20. The van der Waals surface area contributed by atoms with Gasteiger partial charge in [0.15, 0.2) is 0 Å². The van der Waals surface area contributed by atoms with Crippen LogP contribution in [0.25, 0.3) is 0 Å². The van der Waals surface area contributed by atoms with Gasteiger partial charge in [0.1, 0.15) is 0 Å². The van der Waals surface area contributed by atoms with Gasteiger partial charge in [0, 0.05) is 21.1 Å². The smallest absolute Gasteiger partial charge is 0 e. The quantitative estimate of drug-likeness (QED) is 0.108. The van der Waals surface area contributed by atoms with Crippen LogP contribution in [0.15, 0.2) is 0 Å². The monoisotopic (exact) mass is 479 g/mol. The van der Waals surface area contributed by atoms with E-state index in [4.69, 9.17) is 0 Å². The van der Waals surface area contributed by atoms with Crippen LogP contribution in [0.1, 0.15) is 155 Å². The van der Waals surface area contributed by atoms with E-state index in [-0.39, 0.29) is 21.1 Å². The van der Waals surface area contributed by atoms with Crippen molar-refractivity contribution in [3.8, 4) is 0 Å². The summed E-state index contributed by atoms with van der Waals surface area (Å²) in [5.74, 6) is 0. The molecule has 1 N–H and O–H groups in total. The van der Waals surface area contributed by atoms with Crippen LogP contribution in [0, 0.1) is 0 Å². The third-order valence-corrected chi connectivity index (χ3v) is 5.91. The van der Waals surface area contributed by atoms with E-state index in [2.05, 4.69) is 19.2 Å². The van der Waals surface area contributed by atoms with Gasteiger partial charge < -0.3 is 5.32 Å². The van der Waals surface area contributed by atoms with E-state index in [9.17, 15) is 0 Å². The van der Waals surface area contributed by atoms with Crippen LogP contribution < -0.4 is 5.32 Å². The minimum Gasteiger partial charge on any atom is -0.317 e. The molecule has 0 bridgehead atoms. The second-order valence-corrected chi connectivity index (χ2v) is 8.82. The van der Waals surface area contributed by atoms with Gasteiger partial charge in [0.25, 0.3) is 0 Å². The Kier molecular flexibility index (Phi) is 32.9. The normalized spacial score (nSPS) is 10.9. The van der Waals surface area contributed by atoms with Gasteiger partial charge in [-0.15, -0.1) is 0 Å². The maximum Gasteiger partial charge on any atom is 0 e. The fraction of sp³-hybridized carbons (Fsp3) is 1.00. The largest absolute Gasteiger partial charge is 0.317 e. The fourth-order valence-corrected chi connectivity index (χ4v) is 3.95. The van der Waals surface area contributed by atoms with Gasteiger partial charge >= 0.3 is 0 Å². The predicted molar refractivity (Wildman–Crippen MR) is 126 cm³/mol.